The van der Waals surface area contributed by atoms with Gasteiger partial charge in [-0.1, -0.05) is 36.4 Å². The van der Waals surface area contributed by atoms with Gasteiger partial charge < -0.3 is 5.32 Å². The first-order valence-electron chi connectivity index (χ1n) is 6.36. The number of anilines is 1. The fourth-order valence-corrected chi connectivity index (χ4v) is 2.36. The van der Waals surface area contributed by atoms with Gasteiger partial charge in [-0.05, 0) is 36.1 Å². The molecule has 2 unspecified atom stereocenters. The predicted octanol–water partition coefficient (Wildman–Crippen LogP) is 3.57. The van der Waals surface area contributed by atoms with E-state index in [0.717, 1.165) is 12.1 Å². The first kappa shape index (κ1) is 11.9. The molecule has 2 atom stereocenters. The zero-order chi connectivity index (χ0) is 13.2. The molecule has 0 aliphatic heterocycles. The molecule has 2 aromatic rings. The molecular formula is C16H14FNO. The highest BCUT2D eigenvalue weighted by Crippen LogP contribution is 2.48. The maximum atomic E-state index is 13.6. The van der Waals surface area contributed by atoms with E-state index in [2.05, 4.69) is 5.32 Å². The van der Waals surface area contributed by atoms with E-state index in [1.807, 2.05) is 36.4 Å². The number of nitrogens with one attached hydrogen (secondary N) is 1. The van der Waals surface area contributed by atoms with Gasteiger partial charge in [0.2, 0.25) is 5.91 Å². The molecule has 96 valence electrons. The van der Waals surface area contributed by atoms with Crippen LogP contribution in [0.1, 0.15) is 17.9 Å². The summed E-state index contributed by atoms with van der Waals surface area (Å²) in [5, 5.41) is 2.86. The molecule has 0 aromatic heterocycles. The molecule has 1 saturated carbocycles. The van der Waals surface area contributed by atoms with E-state index in [4.69, 9.17) is 0 Å². The van der Waals surface area contributed by atoms with Gasteiger partial charge in [0.05, 0.1) is 0 Å². The first-order valence-corrected chi connectivity index (χ1v) is 6.36. The summed E-state index contributed by atoms with van der Waals surface area (Å²) in [6.07, 6.45) is 0.722. The van der Waals surface area contributed by atoms with Crippen LogP contribution in [0.4, 0.5) is 10.1 Å². The molecule has 1 aliphatic rings. The van der Waals surface area contributed by atoms with Crippen LogP contribution >= 0.6 is 0 Å². The summed E-state index contributed by atoms with van der Waals surface area (Å²) in [5.74, 6) is -0.344. The van der Waals surface area contributed by atoms with Crippen LogP contribution in [-0.4, -0.2) is 5.91 Å². The third kappa shape index (κ3) is 2.50. The number of hydrogen-bond donors (Lipinski definition) is 1. The van der Waals surface area contributed by atoms with Gasteiger partial charge in [0.1, 0.15) is 5.82 Å². The number of halogens is 1. The Hall–Kier alpha value is -2.16. The third-order valence-corrected chi connectivity index (χ3v) is 3.47. The molecule has 1 amide bonds. The SMILES string of the molecule is O=C(Nc1ccccc1)C1CC1c1ccccc1F. The van der Waals surface area contributed by atoms with Crippen LogP contribution in [0.5, 0.6) is 0 Å². The largest absolute Gasteiger partial charge is 0.326 e. The molecule has 1 aliphatic carbocycles. The molecule has 0 saturated heterocycles. The molecule has 1 N–H and O–H groups in total. The summed E-state index contributed by atoms with van der Waals surface area (Å²) < 4.78 is 13.6. The van der Waals surface area contributed by atoms with Crippen molar-refractivity contribution in [1.82, 2.24) is 0 Å². The second-order valence-corrected chi connectivity index (χ2v) is 4.83. The van der Waals surface area contributed by atoms with Crippen molar-refractivity contribution in [1.29, 1.82) is 0 Å². The van der Waals surface area contributed by atoms with Crippen molar-refractivity contribution in [2.24, 2.45) is 5.92 Å². The average molecular weight is 255 g/mol. The Labute approximate surface area is 111 Å². The molecule has 0 spiro atoms. The Kier molecular flexibility index (Phi) is 3.03. The van der Waals surface area contributed by atoms with Crippen molar-refractivity contribution in [3.05, 3.63) is 66.0 Å². The Bertz CT molecular complexity index is 597. The summed E-state index contributed by atoms with van der Waals surface area (Å²) in [7, 11) is 0. The van der Waals surface area contributed by atoms with Crippen molar-refractivity contribution < 1.29 is 9.18 Å². The fourth-order valence-electron chi connectivity index (χ4n) is 2.36. The van der Waals surface area contributed by atoms with E-state index < -0.39 is 0 Å². The predicted molar refractivity (Wildman–Crippen MR) is 72.3 cm³/mol. The van der Waals surface area contributed by atoms with E-state index >= 15 is 0 Å². The van der Waals surface area contributed by atoms with Gasteiger partial charge in [-0.3, -0.25) is 4.79 Å². The Morgan fingerprint density at radius 1 is 1.05 bits per heavy atom. The van der Waals surface area contributed by atoms with Crippen LogP contribution in [0, 0.1) is 11.7 Å². The number of carbonyl (C=O) groups excluding carboxylic acids is 1. The molecule has 0 heterocycles. The number of benzene rings is 2. The lowest BCUT2D eigenvalue weighted by Gasteiger charge is -2.05. The maximum Gasteiger partial charge on any atom is 0.228 e. The first-order chi connectivity index (χ1) is 9.25. The zero-order valence-corrected chi connectivity index (χ0v) is 10.3. The quantitative estimate of drug-likeness (QED) is 0.892. The van der Waals surface area contributed by atoms with Crippen molar-refractivity contribution in [3.63, 3.8) is 0 Å². The lowest BCUT2D eigenvalue weighted by molar-refractivity contribution is -0.117. The average Bonchev–Trinajstić information content (AvgIpc) is 3.21. The molecule has 1 fully saturated rings. The number of amides is 1. The van der Waals surface area contributed by atoms with Crippen LogP contribution in [0.15, 0.2) is 54.6 Å². The Morgan fingerprint density at radius 2 is 1.74 bits per heavy atom. The molecule has 2 aromatic carbocycles. The number of hydrogen-bond acceptors (Lipinski definition) is 1. The summed E-state index contributed by atoms with van der Waals surface area (Å²) in [6.45, 7) is 0. The van der Waals surface area contributed by atoms with E-state index in [9.17, 15) is 9.18 Å². The summed E-state index contributed by atoms with van der Waals surface area (Å²) in [4.78, 5) is 12.0. The minimum atomic E-state index is -0.220. The van der Waals surface area contributed by atoms with Gasteiger partial charge in [0.25, 0.3) is 0 Å². The zero-order valence-electron chi connectivity index (χ0n) is 10.3. The molecular weight excluding hydrogens is 241 g/mol. The topological polar surface area (TPSA) is 29.1 Å². The van der Waals surface area contributed by atoms with E-state index in [0.29, 0.717) is 5.56 Å². The lowest BCUT2D eigenvalue weighted by Crippen LogP contribution is -2.14. The lowest BCUT2D eigenvalue weighted by atomic mass is 10.1. The summed E-state index contributed by atoms with van der Waals surface area (Å²) in [6, 6.07) is 16.0. The third-order valence-electron chi connectivity index (χ3n) is 3.47. The van der Waals surface area contributed by atoms with Gasteiger partial charge in [-0.15, -0.1) is 0 Å². The van der Waals surface area contributed by atoms with Gasteiger partial charge in [-0.2, -0.15) is 0 Å². The van der Waals surface area contributed by atoms with Crippen LogP contribution in [0.2, 0.25) is 0 Å². The van der Waals surface area contributed by atoms with E-state index in [1.54, 1.807) is 12.1 Å². The molecule has 2 nitrogen and oxygen atoms in total. The van der Waals surface area contributed by atoms with Crippen LogP contribution in [-0.2, 0) is 4.79 Å². The molecule has 3 heteroatoms. The second-order valence-electron chi connectivity index (χ2n) is 4.83. The van der Waals surface area contributed by atoms with Gasteiger partial charge in [0.15, 0.2) is 0 Å². The van der Waals surface area contributed by atoms with Gasteiger partial charge in [-0.25, -0.2) is 4.39 Å². The molecule has 0 bridgehead atoms. The van der Waals surface area contributed by atoms with Crippen molar-refractivity contribution >= 4 is 11.6 Å². The minimum Gasteiger partial charge on any atom is -0.326 e. The highest BCUT2D eigenvalue weighted by molar-refractivity contribution is 5.95. The summed E-state index contributed by atoms with van der Waals surface area (Å²) in [5.41, 5.74) is 1.43. The standard InChI is InChI=1S/C16H14FNO/c17-15-9-5-4-8-12(15)13-10-14(13)16(19)18-11-6-2-1-3-7-11/h1-9,13-14H,10H2,(H,18,19). The normalized spacial score (nSPS) is 20.9. The second kappa shape index (κ2) is 4.84. The Balaban J connectivity index is 1.67. The van der Waals surface area contributed by atoms with Gasteiger partial charge in [0, 0.05) is 11.6 Å². The maximum absolute atomic E-state index is 13.6. The van der Waals surface area contributed by atoms with Crippen molar-refractivity contribution in [3.8, 4) is 0 Å². The van der Waals surface area contributed by atoms with E-state index in [1.165, 1.54) is 6.07 Å². The van der Waals surface area contributed by atoms with Crippen LogP contribution < -0.4 is 5.32 Å². The van der Waals surface area contributed by atoms with Crippen molar-refractivity contribution in [2.75, 3.05) is 5.32 Å². The Morgan fingerprint density at radius 3 is 2.47 bits per heavy atom. The molecule has 19 heavy (non-hydrogen) atoms. The molecule has 0 radical (unpaired) electrons. The van der Waals surface area contributed by atoms with Crippen LogP contribution in [0.3, 0.4) is 0 Å². The number of rotatable bonds is 3. The minimum absolute atomic E-state index is 0.0184. The highest BCUT2D eigenvalue weighted by atomic mass is 19.1. The number of carbonyl (C=O) groups is 1. The number of para-hydroxylation sites is 1. The van der Waals surface area contributed by atoms with E-state index in [-0.39, 0.29) is 23.6 Å². The smallest absolute Gasteiger partial charge is 0.228 e. The van der Waals surface area contributed by atoms with Crippen molar-refractivity contribution in [2.45, 2.75) is 12.3 Å². The summed E-state index contributed by atoms with van der Waals surface area (Å²) >= 11 is 0. The van der Waals surface area contributed by atoms with Gasteiger partial charge >= 0.3 is 0 Å². The fraction of sp³-hybridized carbons (Fsp3) is 0.188. The highest BCUT2D eigenvalue weighted by Gasteiger charge is 2.45. The van der Waals surface area contributed by atoms with Crippen LogP contribution in [0.25, 0.3) is 0 Å². The molecule has 3 rings (SSSR count). The monoisotopic (exact) mass is 255 g/mol.